The number of carbonyl (C=O) groups is 1. The van der Waals surface area contributed by atoms with E-state index in [0.29, 0.717) is 19.0 Å². The van der Waals surface area contributed by atoms with E-state index in [1.165, 1.54) is 5.56 Å². The fourth-order valence-electron chi connectivity index (χ4n) is 2.85. The van der Waals surface area contributed by atoms with Crippen LogP contribution in [0.3, 0.4) is 0 Å². The predicted octanol–water partition coefficient (Wildman–Crippen LogP) is 1.79. The molecule has 0 saturated carbocycles. The van der Waals surface area contributed by atoms with Gasteiger partial charge in [-0.05, 0) is 29.7 Å². The van der Waals surface area contributed by atoms with Crippen molar-refractivity contribution in [1.82, 2.24) is 10.2 Å². The molecule has 1 saturated heterocycles. The minimum atomic E-state index is 0. The molecule has 2 aliphatic rings. The minimum absolute atomic E-state index is 0. The molecule has 1 unspecified atom stereocenters. The van der Waals surface area contributed by atoms with Gasteiger partial charge in [0.15, 0.2) is 0 Å². The summed E-state index contributed by atoms with van der Waals surface area (Å²) in [5.74, 6) is 2.67. The Morgan fingerprint density at radius 1 is 1.43 bits per heavy atom. The molecule has 116 valence electrons. The number of phenols is 1. The van der Waals surface area contributed by atoms with E-state index in [1.807, 2.05) is 22.7 Å². The highest BCUT2D eigenvalue weighted by atomic mass is 35.5. The van der Waals surface area contributed by atoms with Crippen molar-refractivity contribution >= 4 is 30.1 Å². The maximum atomic E-state index is 12.4. The summed E-state index contributed by atoms with van der Waals surface area (Å²) >= 11 is 1.92. The summed E-state index contributed by atoms with van der Waals surface area (Å²) in [4.78, 5) is 14.3. The number of nitrogens with zero attached hydrogens (tertiary/aromatic N) is 1. The first-order chi connectivity index (χ1) is 9.72. The number of fused-ring (bicyclic) bond motifs is 1. The lowest BCUT2D eigenvalue weighted by Crippen LogP contribution is -2.43. The van der Waals surface area contributed by atoms with Crippen molar-refractivity contribution in [3.05, 3.63) is 29.3 Å². The molecule has 2 N–H and O–H groups in total. The van der Waals surface area contributed by atoms with Crippen LogP contribution in [0.4, 0.5) is 0 Å². The van der Waals surface area contributed by atoms with Crippen molar-refractivity contribution in [1.29, 1.82) is 0 Å². The maximum absolute atomic E-state index is 12.4. The van der Waals surface area contributed by atoms with E-state index in [4.69, 9.17) is 0 Å². The van der Waals surface area contributed by atoms with Gasteiger partial charge >= 0.3 is 0 Å². The van der Waals surface area contributed by atoms with Gasteiger partial charge < -0.3 is 15.3 Å². The summed E-state index contributed by atoms with van der Waals surface area (Å²) in [6, 6.07) is 5.78. The smallest absolute Gasteiger partial charge is 0.224 e. The van der Waals surface area contributed by atoms with Crippen LogP contribution in [0.1, 0.15) is 17.5 Å². The van der Waals surface area contributed by atoms with Crippen LogP contribution in [0.2, 0.25) is 0 Å². The summed E-state index contributed by atoms with van der Waals surface area (Å²) < 4.78 is 0. The predicted molar refractivity (Wildman–Crippen MR) is 88.2 cm³/mol. The average molecular weight is 329 g/mol. The highest BCUT2D eigenvalue weighted by molar-refractivity contribution is 7.99. The normalized spacial score (nSPS) is 21.3. The highest BCUT2D eigenvalue weighted by Crippen LogP contribution is 2.24. The first kappa shape index (κ1) is 16.5. The molecule has 1 aromatic rings. The van der Waals surface area contributed by atoms with Crippen LogP contribution in [0.25, 0.3) is 0 Å². The number of hydrogen-bond donors (Lipinski definition) is 2. The molecule has 2 aliphatic heterocycles. The lowest BCUT2D eigenvalue weighted by atomic mass is 9.99. The molecular weight excluding hydrogens is 308 g/mol. The molecule has 6 heteroatoms. The number of thioether (sulfide) groups is 1. The van der Waals surface area contributed by atoms with Crippen molar-refractivity contribution in [3.8, 4) is 5.75 Å². The second-order valence-electron chi connectivity index (χ2n) is 5.45. The van der Waals surface area contributed by atoms with Gasteiger partial charge in [0, 0.05) is 43.6 Å². The van der Waals surface area contributed by atoms with Crippen molar-refractivity contribution < 1.29 is 9.90 Å². The summed E-state index contributed by atoms with van der Waals surface area (Å²) in [6.45, 7) is 2.41. The number of nitrogens with one attached hydrogen (secondary N) is 1. The Morgan fingerprint density at radius 3 is 3.05 bits per heavy atom. The van der Waals surface area contributed by atoms with E-state index in [-0.39, 0.29) is 24.1 Å². The fourth-order valence-corrected chi connectivity index (χ4v) is 3.80. The van der Waals surface area contributed by atoms with Gasteiger partial charge in [-0.3, -0.25) is 4.79 Å². The number of phenolic OH excluding ortho intramolecular Hbond substituents is 1. The first-order valence-corrected chi connectivity index (χ1v) is 8.27. The van der Waals surface area contributed by atoms with Crippen molar-refractivity contribution in [2.75, 3.05) is 24.6 Å². The van der Waals surface area contributed by atoms with Crippen LogP contribution in [-0.4, -0.2) is 46.6 Å². The first-order valence-electron chi connectivity index (χ1n) is 7.12. The van der Waals surface area contributed by atoms with Crippen LogP contribution in [0.5, 0.6) is 5.75 Å². The zero-order valence-corrected chi connectivity index (χ0v) is 13.5. The topological polar surface area (TPSA) is 52.6 Å². The molecule has 21 heavy (non-hydrogen) atoms. The van der Waals surface area contributed by atoms with Crippen molar-refractivity contribution in [3.63, 3.8) is 0 Å². The van der Waals surface area contributed by atoms with Crippen LogP contribution in [0.15, 0.2) is 18.2 Å². The summed E-state index contributed by atoms with van der Waals surface area (Å²) in [7, 11) is 0. The number of aromatic hydroxyl groups is 1. The molecule has 1 aromatic carbocycles. The Bertz CT molecular complexity index is 506. The molecule has 0 aromatic heterocycles. The third kappa shape index (κ3) is 4.05. The monoisotopic (exact) mass is 328 g/mol. The number of hydrogen-bond acceptors (Lipinski definition) is 4. The SMILES string of the molecule is Cl.O=C(CC1CSCCN1)N1CCc2ccc(O)cc2C1. The molecule has 0 aliphatic carbocycles. The van der Waals surface area contributed by atoms with Crippen LogP contribution in [-0.2, 0) is 17.8 Å². The van der Waals surface area contributed by atoms with E-state index in [9.17, 15) is 9.90 Å². The molecule has 2 heterocycles. The number of rotatable bonds is 2. The molecule has 3 rings (SSSR count). The molecule has 1 fully saturated rings. The van der Waals surface area contributed by atoms with Gasteiger partial charge in [0.2, 0.25) is 5.91 Å². The second-order valence-corrected chi connectivity index (χ2v) is 6.60. The second kappa shape index (κ2) is 7.38. The van der Waals surface area contributed by atoms with Crippen LogP contribution >= 0.6 is 24.2 Å². The fraction of sp³-hybridized carbons (Fsp3) is 0.533. The van der Waals surface area contributed by atoms with Crippen LogP contribution in [0, 0.1) is 0 Å². The van der Waals surface area contributed by atoms with Gasteiger partial charge in [-0.2, -0.15) is 11.8 Å². The van der Waals surface area contributed by atoms with Gasteiger partial charge in [-0.1, -0.05) is 6.07 Å². The van der Waals surface area contributed by atoms with E-state index in [0.717, 1.165) is 36.6 Å². The number of amides is 1. The lowest BCUT2D eigenvalue weighted by Gasteiger charge is -2.31. The largest absolute Gasteiger partial charge is 0.508 e. The van der Waals surface area contributed by atoms with Crippen molar-refractivity contribution in [2.45, 2.75) is 25.4 Å². The molecule has 0 spiro atoms. The quantitative estimate of drug-likeness (QED) is 0.869. The van der Waals surface area contributed by atoms with Gasteiger partial charge in [-0.15, -0.1) is 12.4 Å². The zero-order chi connectivity index (χ0) is 13.9. The Morgan fingerprint density at radius 2 is 2.29 bits per heavy atom. The Hall–Kier alpha value is -0.910. The van der Waals surface area contributed by atoms with Crippen molar-refractivity contribution in [2.24, 2.45) is 0 Å². The maximum Gasteiger partial charge on any atom is 0.224 e. The summed E-state index contributed by atoms with van der Waals surface area (Å²) in [6.07, 6.45) is 1.47. The molecule has 0 radical (unpaired) electrons. The van der Waals surface area contributed by atoms with Crippen LogP contribution < -0.4 is 5.32 Å². The van der Waals surface area contributed by atoms with Gasteiger partial charge in [-0.25, -0.2) is 0 Å². The lowest BCUT2D eigenvalue weighted by molar-refractivity contribution is -0.132. The van der Waals surface area contributed by atoms with Gasteiger partial charge in [0.1, 0.15) is 5.75 Å². The Labute approximate surface area is 135 Å². The van der Waals surface area contributed by atoms with E-state index >= 15 is 0 Å². The molecular formula is C15H21ClN2O2S. The minimum Gasteiger partial charge on any atom is -0.508 e. The Balaban J connectivity index is 0.00000161. The molecule has 1 amide bonds. The highest BCUT2D eigenvalue weighted by Gasteiger charge is 2.24. The Kier molecular flexibility index (Phi) is 5.79. The third-order valence-corrected chi connectivity index (χ3v) is 5.11. The summed E-state index contributed by atoms with van der Waals surface area (Å²) in [5, 5.41) is 13.0. The third-order valence-electron chi connectivity index (χ3n) is 3.97. The molecule has 0 bridgehead atoms. The van der Waals surface area contributed by atoms with Gasteiger partial charge in [0.05, 0.1) is 0 Å². The standard InChI is InChI=1S/C15H20N2O2S.ClH/c18-14-2-1-11-3-5-17(9-12(11)7-14)15(19)8-13-10-20-6-4-16-13;/h1-2,7,13,16,18H,3-6,8-10H2;1H. The van der Waals surface area contributed by atoms with E-state index in [1.54, 1.807) is 12.1 Å². The summed E-state index contributed by atoms with van der Waals surface area (Å²) in [5.41, 5.74) is 2.33. The molecule has 4 nitrogen and oxygen atoms in total. The van der Waals surface area contributed by atoms with Gasteiger partial charge in [0.25, 0.3) is 0 Å². The van der Waals surface area contributed by atoms with E-state index in [2.05, 4.69) is 5.32 Å². The zero-order valence-electron chi connectivity index (χ0n) is 11.9. The molecule has 1 atom stereocenters. The average Bonchev–Trinajstić information content (AvgIpc) is 2.47. The number of benzene rings is 1. The van der Waals surface area contributed by atoms with E-state index < -0.39 is 0 Å². The number of halogens is 1. The number of carbonyl (C=O) groups excluding carboxylic acids is 1.